The van der Waals surface area contributed by atoms with Crippen LogP contribution in [0.2, 0.25) is 5.02 Å². The molecule has 1 N–H and O–H groups in total. The first-order valence-electron chi connectivity index (χ1n) is 6.27. The van der Waals surface area contributed by atoms with Gasteiger partial charge in [0, 0.05) is 6.42 Å². The van der Waals surface area contributed by atoms with Gasteiger partial charge < -0.3 is 9.52 Å². The molecule has 0 aliphatic carbocycles. The molecular weight excluding hydrogens is 299 g/mol. The lowest BCUT2D eigenvalue weighted by atomic mass is 9.86. The van der Waals surface area contributed by atoms with Crippen molar-refractivity contribution >= 4 is 17.6 Å². The highest BCUT2D eigenvalue weighted by molar-refractivity contribution is 6.33. The van der Waals surface area contributed by atoms with Crippen LogP contribution in [0.1, 0.15) is 26.2 Å². The van der Waals surface area contributed by atoms with E-state index >= 15 is 0 Å². The minimum absolute atomic E-state index is 0.0224. The predicted octanol–water partition coefficient (Wildman–Crippen LogP) is 3.57. The Morgan fingerprint density at radius 2 is 2.14 bits per heavy atom. The Morgan fingerprint density at radius 3 is 2.81 bits per heavy atom. The van der Waals surface area contributed by atoms with Crippen LogP contribution in [0.3, 0.4) is 0 Å². The Morgan fingerprint density at radius 1 is 1.43 bits per heavy atom. The molecule has 1 aromatic heterocycles. The molecule has 0 aliphatic heterocycles. The second-order valence-electron chi connectivity index (χ2n) is 5.51. The first kappa shape index (κ1) is 15.4. The average Bonchev–Trinajstić information content (AvgIpc) is 2.78. The van der Waals surface area contributed by atoms with Crippen LogP contribution in [0.5, 0.6) is 0 Å². The van der Waals surface area contributed by atoms with Crippen LogP contribution >= 0.6 is 11.6 Å². The molecule has 0 bridgehead atoms. The third kappa shape index (κ3) is 3.78. The molecule has 2 aromatic rings. The summed E-state index contributed by atoms with van der Waals surface area (Å²) in [5, 5.41) is 16.5. The number of nitrogens with zero attached hydrogens (tertiary/aromatic N) is 2. The third-order valence-corrected chi connectivity index (χ3v) is 3.29. The second kappa shape index (κ2) is 5.81. The lowest BCUT2D eigenvalue weighted by Crippen LogP contribution is -2.19. The number of benzene rings is 1. The zero-order valence-corrected chi connectivity index (χ0v) is 12.3. The highest BCUT2D eigenvalue weighted by Crippen LogP contribution is 2.31. The zero-order chi connectivity index (χ0) is 15.6. The molecular formula is C14H14ClFN2O3. The van der Waals surface area contributed by atoms with Crippen LogP contribution in [-0.2, 0) is 11.2 Å². The van der Waals surface area contributed by atoms with Gasteiger partial charge in [-0.05, 0) is 17.5 Å². The molecule has 0 aliphatic rings. The van der Waals surface area contributed by atoms with Crippen LogP contribution in [0.25, 0.3) is 11.5 Å². The van der Waals surface area contributed by atoms with Gasteiger partial charge in [-0.1, -0.05) is 31.5 Å². The highest BCUT2D eigenvalue weighted by atomic mass is 35.5. The summed E-state index contributed by atoms with van der Waals surface area (Å²) < 4.78 is 18.9. The molecule has 0 saturated carbocycles. The van der Waals surface area contributed by atoms with Crippen molar-refractivity contribution in [3.05, 3.63) is 34.9 Å². The number of carboxylic acid groups (broad SMARTS) is 1. The lowest BCUT2D eigenvalue weighted by Gasteiger charge is -2.19. The van der Waals surface area contributed by atoms with Crippen molar-refractivity contribution in [2.75, 3.05) is 0 Å². The Balaban J connectivity index is 2.22. The fraction of sp³-hybridized carbons (Fsp3) is 0.357. The van der Waals surface area contributed by atoms with E-state index in [4.69, 9.17) is 21.1 Å². The van der Waals surface area contributed by atoms with Crippen molar-refractivity contribution in [1.29, 1.82) is 0 Å². The lowest BCUT2D eigenvalue weighted by molar-refractivity contribution is -0.139. The number of halogens is 2. The summed E-state index contributed by atoms with van der Waals surface area (Å²) >= 11 is 5.86. The van der Waals surface area contributed by atoms with Crippen LogP contribution in [0.4, 0.5) is 4.39 Å². The average molecular weight is 313 g/mol. The Kier molecular flexibility index (Phi) is 4.27. The maximum atomic E-state index is 13.4. The first-order chi connectivity index (χ1) is 9.78. The number of aliphatic carboxylic acids is 1. The van der Waals surface area contributed by atoms with Gasteiger partial charge in [0.15, 0.2) is 0 Å². The van der Waals surface area contributed by atoms with Gasteiger partial charge in [0.2, 0.25) is 11.8 Å². The van der Waals surface area contributed by atoms with Crippen molar-refractivity contribution < 1.29 is 18.7 Å². The van der Waals surface area contributed by atoms with Gasteiger partial charge in [0.05, 0.1) is 17.0 Å². The van der Waals surface area contributed by atoms with Gasteiger partial charge in [-0.3, -0.25) is 4.79 Å². The summed E-state index contributed by atoms with van der Waals surface area (Å²) in [4.78, 5) is 10.8. The summed E-state index contributed by atoms with van der Waals surface area (Å²) in [6.45, 7) is 3.58. The van der Waals surface area contributed by atoms with Crippen LogP contribution in [0.15, 0.2) is 22.6 Å². The summed E-state index contributed by atoms with van der Waals surface area (Å²) in [5.74, 6) is -1.06. The molecule has 5 nitrogen and oxygen atoms in total. The van der Waals surface area contributed by atoms with Gasteiger partial charge in [-0.25, -0.2) is 4.39 Å². The van der Waals surface area contributed by atoms with E-state index in [0.717, 1.165) is 0 Å². The molecule has 1 aromatic carbocycles. The molecule has 21 heavy (non-hydrogen) atoms. The van der Waals surface area contributed by atoms with Crippen LogP contribution < -0.4 is 0 Å². The zero-order valence-electron chi connectivity index (χ0n) is 11.6. The van der Waals surface area contributed by atoms with Crippen molar-refractivity contribution in [2.24, 2.45) is 5.41 Å². The number of aromatic nitrogens is 2. The monoisotopic (exact) mass is 312 g/mol. The molecule has 2 rings (SSSR count). The van der Waals surface area contributed by atoms with E-state index in [-0.39, 0.29) is 23.2 Å². The van der Waals surface area contributed by atoms with E-state index < -0.39 is 17.2 Å². The third-order valence-electron chi connectivity index (χ3n) is 2.91. The molecule has 1 heterocycles. The van der Waals surface area contributed by atoms with Crippen molar-refractivity contribution in [1.82, 2.24) is 10.2 Å². The molecule has 7 heteroatoms. The molecule has 0 saturated heterocycles. The molecule has 0 spiro atoms. The Labute approximate surface area is 125 Å². The standard InChI is InChI=1S/C14H14ClFN2O3/c1-14(2,7-11(19)20)6-10-17-18-13(21-10)8-4-3-5-9(16)12(8)15/h3-5H,6-7H2,1-2H3,(H,19,20). The molecule has 0 amide bonds. The van der Waals surface area contributed by atoms with Gasteiger partial charge >= 0.3 is 5.97 Å². The maximum Gasteiger partial charge on any atom is 0.303 e. The molecule has 112 valence electrons. The topological polar surface area (TPSA) is 76.2 Å². The fourth-order valence-corrected chi connectivity index (χ4v) is 2.19. The number of hydrogen-bond donors (Lipinski definition) is 1. The van der Waals surface area contributed by atoms with Crippen molar-refractivity contribution in [3.8, 4) is 11.5 Å². The quantitative estimate of drug-likeness (QED) is 0.913. The SMILES string of the molecule is CC(C)(CC(=O)O)Cc1nnc(-c2cccc(F)c2Cl)o1. The number of carboxylic acids is 1. The largest absolute Gasteiger partial charge is 0.481 e. The predicted molar refractivity (Wildman–Crippen MR) is 74.4 cm³/mol. The second-order valence-corrected chi connectivity index (χ2v) is 5.89. The van der Waals surface area contributed by atoms with Gasteiger partial charge in [0.25, 0.3) is 0 Å². The fourth-order valence-electron chi connectivity index (χ4n) is 1.98. The summed E-state index contributed by atoms with van der Waals surface area (Å²) in [7, 11) is 0. The van der Waals surface area contributed by atoms with E-state index in [1.54, 1.807) is 19.9 Å². The maximum absolute atomic E-state index is 13.4. The van der Waals surface area contributed by atoms with E-state index in [1.165, 1.54) is 12.1 Å². The smallest absolute Gasteiger partial charge is 0.303 e. The van der Waals surface area contributed by atoms with Gasteiger partial charge in [-0.15, -0.1) is 10.2 Å². The molecule has 0 unspecified atom stereocenters. The van der Waals surface area contributed by atoms with E-state index in [0.29, 0.717) is 12.0 Å². The van der Waals surface area contributed by atoms with Crippen molar-refractivity contribution in [2.45, 2.75) is 26.7 Å². The molecule has 0 radical (unpaired) electrons. The van der Waals surface area contributed by atoms with Crippen LogP contribution in [0, 0.1) is 11.2 Å². The normalized spacial score (nSPS) is 11.6. The Hall–Kier alpha value is -1.95. The minimum atomic E-state index is -0.895. The molecule has 0 atom stereocenters. The summed E-state index contributed by atoms with van der Waals surface area (Å²) in [6.07, 6.45) is 0.282. The van der Waals surface area contributed by atoms with Gasteiger partial charge in [0.1, 0.15) is 5.82 Å². The number of hydrogen-bond acceptors (Lipinski definition) is 4. The van der Waals surface area contributed by atoms with Crippen molar-refractivity contribution in [3.63, 3.8) is 0 Å². The molecule has 0 fully saturated rings. The van der Waals surface area contributed by atoms with E-state index in [9.17, 15) is 9.18 Å². The van der Waals surface area contributed by atoms with Crippen LogP contribution in [-0.4, -0.2) is 21.3 Å². The number of carbonyl (C=O) groups is 1. The Bertz CT molecular complexity index is 670. The first-order valence-corrected chi connectivity index (χ1v) is 6.65. The summed E-state index contributed by atoms with van der Waals surface area (Å²) in [5.41, 5.74) is -0.215. The van der Waals surface area contributed by atoms with E-state index in [2.05, 4.69) is 10.2 Å². The minimum Gasteiger partial charge on any atom is -0.481 e. The summed E-state index contributed by atoms with van der Waals surface area (Å²) in [6, 6.07) is 4.30. The van der Waals surface area contributed by atoms with E-state index in [1.807, 2.05) is 0 Å². The highest BCUT2D eigenvalue weighted by Gasteiger charge is 2.25. The number of rotatable bonds is 5. The van der Waals surface area contributed by atoms with Gasteiger partial charge in [-0.2, -0.15) is 0 Å².